The van der Waals surface area contributed by atoms with Crippen molar-refractivity contribution in [3.05, 3.63) is 27.7 Å². The van der Waals surface area contributed by atoms with Crippen molar-refractivity contribution in [1.29, 1.82) is 5.26 Å². The molecule has 0 bridgehead atoms. The van der Waals surface area contributed by atoms with Crippen LogP contribution in [0.1, 0.15) is 18.9 Å². The van der Waals surface area contributed by atoms with Crippen molar-refractivity contribution in [3.63, 3.8) is 0 Å². The maximum absolute atomic E-state index is 11.0. The lowest BCUT2D eigenvalue weighted by Crippen LogP contribution is -2.12. The second-order valence-corrected chi connectivity index (χ2v) is 4.77. The Morgan fingerprint density at radius 3 is 2.75 bits per heavy atom. The van der Waals surface area contributed by atoms with Gasteiger partial charge in [-0.25, -0.2) is 0 Å². The second kappa shape index (κ2) is 7.56. The van der Waals surface area contributed by atoms with Gasteiger partial charge < -0.3 is 15.2 Å². The van der Waals surface area contributed by atoms with Crippen LogP contribution in [0, 0.1) is 11.3 Å². The summed E-state index contributed by atoms with van der Waals surface area (Å²) in [7, 11) is 1.52. The van der Waals surface area contributed by atoms with Crippen molar-refractivity contribution in [2.24, 2.45) is 5.73 Å². The van der Waals surface area contributed by atoms with Crippen LogP contribution in [-0.2, 0) is 4.79 Å². The minimum absolute atomic E-state index is 0.124. The molecule has 106 valence electrons. The Kier molecular flexibility index (Phi) is 6.07. The Labute approximate surface area is 126 Å². The molecule has 0 radical (unpaired) electrons. The van der Waals surface area contributed by atoms with Gasteiger partial charge in [0.15, 0.2) is 11.5 Å². The SMILES string of the molecule is CCCOc1c(Br)cc(/C=C(\C#N)C(N)=O)cc1OC. The quantitative estimate of drug-likeness (QED) is 0.638. The molecule has 1 aromatic rings. The van der Waals surface area contributed by atoms with Gasteiger partial charge in [0.2, 0.25) is 0 Å². The van der Waals surface area contributed by atoms with E-state index in [1.807, 2.05) is 6.92 Å². The number of benzene rings is 1. The summed E-state index contributed by atoms with van der Waals surface area (Å²) in [5, 5.41) is 8.84. The van der Waals surface area contributed by atoms with Crippen molar-refractivity contribution in [3.8, 4) is 17.6 Å². The number of nitrogens with two attached hydrogens (primary N) is 1. The predicted octanol–water partition coefficient (Wildman–Crippen LogP) is 2.64. The highest BCUT2D eigenvalue weighted by molar-refractivity contribution is 9.10. The average molecular weight is 339 g/mol. The van der Waals surface area contributed by atoms with Crippen molar-refractivity contribution in [1.82, 2.24) is 0 Å². The van der Waals surface area contributed by atoms with Gasteiger partial charge in [-0.1, -0.05) is 6.92 Å². The highest BCUT2D eigenvalue weighted by atomic mass is 79.9. The van der Waals surface area contributed by atoms with E-state index < -0.39 is 5.91 Å². The van der Waals surface area contributed by atoms with Gasteiger partial charge in [-0.3, -0.25) is 4.79 Å². The van der Waals surface area contributed by atoms with E-state index in [2.05, 4.69) is 15.9 Å². The fourth-order valence-corrected chi connectivity index (χ4v) is 2.07. The molecule has 1 amide bonds. The molecular weight excluding hydrogens is 324 g/mol. The number of rotatable bonds is 6. The van der Waals surface area contributed by atoms with Crippen LogP contribution in [0.15, 0.2) is 22.2 Å². The molecule has 6 heteroatoms. The van der Waals surface area contributed by atoms with Crippen molar-refractivity contribution < 1.29 is 14.3 Å². The zero-order valence-corrected chi connectivity index (χ0v) is 12.9. The summed E-state index contributed by atoms with van der Waals surface area (Å²) in [6.07, 6.45) is 2.27. The lowest BCUT2D eigenvalue weighted by atomic mass is 10.1. The smallest absolute Gasteiger partial charge is 0.259 e. The predicted molar refractivity (Wildman–Crippen MR) is 79.3 cm³/mol. The first-order chi connectivity index (χ1) is 9.53. The Morgan fingerprint density at radius 2 is 2.25 bits per heavy atom. The molecule has 0 saturated carbocycles. The van der Waals surface area contributed by atoms with Crippen LogP contribution in [-0.4, -0.2) is 19.6 Å². The van der Waals surface area contributed by atoms with Gasteiger partial charge in [0.1, 0.15) is 11.6 Å². The van der Waals surface area contributed by atoms with Gasteiger partial charge >= 0.3 is 0 Å². The number of methoxy groups -OCH3 is 1. The van der Waals surface area contributed by atoms with Crippen LogP contribution in [0.25, 0.3) is 6.08 Å². The third-order valence-electron chi connectivity index (χ3n) is 2.40. The van der Waals surface area contributed by atoms with E-state index in [1.54, 1.807) is 18.2 Å². The zero-order valence-electron chi connectivity index (χ0n) is 11.3. The minimum atomic E-state index is -0.770. The molecule has 0 aliphatic carbocycles. The first-order valence-corrected chi connectivity index (χ1v) is 6.74. The van der Waals surface area contributed by atoms with Crippen LogP contribution in [0.5, 0.6) is 11.5 Å². The average Bonchev–Trinajstić information content (AvgIpc) is 2.42. The molecular formula is C14H15BrN2O3. The number of halogens is 1. The van der Waals surface area contributed by atoms with E-state index in [4.69, 9.17) is 20.5 Å². The van der Waals surface area contributed by atoms with Crippen LogP contribution in [0.4, 0.5) is 0 Å². The third-order valence-corrected chi connectivity index (χ3v) is 2.99. The monoisotopic (exact) mass is 338 g/mol. The first-order valence-electron chi connectivity index (χ1n) is 5.95. The molecule has 5 nitrogen and oxygen atoms in total. The number of nitriles is 1. The number of nitrogens with zero attached hydrogens (tertiary/aromatic N) is 1. The summed E-state index contributed by atoms with van der Waals surface area (Å²) in [6.45, 7) is 2.57. The van der Waals surface area contributed by atoms with E-state index in [9.17, 15) is 4.79 Å². The van der Waals surface area contributed by atoms with Crippen LogP contribution in [0.3, 0.4) is 0 Å². The van der Waals surface area contributed by atoms with Crippen molar-refractivity contribution in [2.45, 2.75) is 13.3 Å². The number of primary amides is 1. The van der Waals surface area contributed by atoms with Gasteiger partial charge in [0, 0.05) is 0 Å². The number of hydrogen-bond donors (Lipinski definition) is 1. The van der Waals surface area contributed by atoms with E-state index in [1.165, 1.54) is 13.2 Å². The van der Waals surface area contributed by atoms with Gasteiger partial charge in [-0.15, -0.1) is 0 Å². The number of hydrogen-bond acceptors (Lipinski definition) is 4. The van der Waals surface area contributed by atoms with Crippen LogP contribution >= 0.6 is 15.9 Å². The molecule has 0 heterocycles. The van der Waals surface area contributed by atoms with E-state index in [-0.39, 0.29) is 5.57 Å². The zero-order chi connectivity index (χ0) is 15.1. The fourth-order valence-electron chi connectivity index (χ4n) is 1.49. The highest BCUT2D eigenvalue weighted by Gasteiger charge is 2.12. The topological polar surface area (TPSA) is 85.3 Å². The Hall–Kier alpha value is -2.00. The molecule has 0 aliphatic heterocycles. The van der Waals surface area contributed by atoms with Crippen LogP contribution < -0.4 is 15.2 Å². The molecule has 0 saturated heterocycles. The second-order valence-electron chi connectivity index (χ2n) is 3.92. The normalized spacial score (nSPS) is 10.8. The first kappa shape index (κ1) is 16.1. The maximum Gasteiger partial charge on any atom is 0.259 e. The molecule has 2 N–H and O–H groups in total. The molecule has 0 atom stereocenters. The standard InChI is InChI=1S/C14H15BrN2O3/c1-3-4-20-13-11(15)6-9(7-12(13)19-2)5-10(8-16)14(17)18/h5-7H,3-4H2,1-2H3,(H2,17,18)/b10-5+. The lowest BCUT2D eigenvalue weighted by Gasteiger charge is -2.13. The summed E-state index contributed by atoms with van der Waals surface area (Å²) < 4.78 is 11.5. The fraction of sp³-hybridized carbons (Fsp3) is 0.286. The van der Waals surface area contributed by atoms with Crippen LogP contribution in [0.2, 0.25) is 0 Å². The van der Waals surface area contributed by atoms with Gasteiger partial charge in [-0.05, 0) is 46.1 Å². The molecule has 0 spiro atoms. The summed E-state index contributed by atoms with van der Waals surface area (Å²) >= 11 is 3.38. The summed E-state index contributed by atoms with van der Waals surface area (Å²) in [5.74, 6) is 0.332. The number of carbonyl (C=O) groups is 1. The Bertz CT molecular complexity index is 577. The molecule has 0 unspecified atom stereocenters. The summed E-state index contributed by atoms with van der Waals surface area (Å²) in [5.41, 5.74) is 5.60. The maximum atomic E-state index is 11.0. The number of amides is 1. The lowest BCUT2D eigenvalue weighted by molar-refractivity contribution is -0.114. The minimum Gasteiger partial charge on any atom is -0.493 e. The molecule has 0 fully saturated rings. The van der Waals surface area contributed by atoms with Crippen molar-refractivity contribution >= 4 is 27.9 Å². The Balaban J connectivity index is 3.23. The van der Waals surface area contributed by atoms with Gasteiger partial charge in [-0.2, -0.15) is 5.26 Å². The number of ether oxygens (including phenoxy) is 2. The summed E-state index contributed by atoms with van der Waals surface area (Å²) in [4.78, 5) is 11.0. The molecule has 20 heavy (non-hydrogen) atoms. The molecule has 0 aromatic heterocycles. The highest BCUT2D eigenvalue weighted by Crippen LogP contribution is 2.37. The Morgan fingerprint density at radius 1 is 1.55 bits per heavy atom. The van der Waals surface area contributed by atoms with Gasteiger partial charge in [0.05, 0.1) is 18.2 Å². The molecule has 1 rings (SSSR count). The number of carbonyl (C=O) groups excluding carboxylic acids is 1. The largest absolute Gasteiger partial charge is 0.493 e. The third kappa shape index (κ3) is 4.00. The molecule has 0 aliphatic rings. The van der Waals surface area contributed by atoms with Gasteiger partial charge in [0.25, 0.3) is 5.91 Å². The summed E-state index contributed by atoms with van der Waals surface area (Å²) in [6, 6.07) is 5.16. The van der Waals surface area contributed by atoms with E-state index in [0.29, 0.717) is 28.1 Å². The van der Waals surface area contributed by atoms with Crippen molar-refractivity contribution in [2.75, 3.05) is 13.7 Å². The van der Waals surface area contributed by atoms with E-state index in [0.717, 1.165) is 6.42 Å². The van der Waals surface area contributed by atoms with E-state index >= 15 is 0 Å². The molecule has 1 aromatic carbocycles.